The number of rotatable bonds is 3. The number of benzene rings is 1. The van der Waals surface area contributed by atoms with Gasteiger partial charge in [-0.2, -0.15) is 0 Å². The molecule has 1 fully saturated rings. The summed E-state index contributed by atoms with van der Waals surface area (Å²) >= 11 is 0. The number of nitrogens with zero attached hydrogens (tertiary/aromatic N) is 1. The number of carboxylic acid groups (broad SMARTS) is 1. The Balaban J connectivity index is 2.19. The Morgan fingerprint density at radius 2 is 2.05 bits per heavy atom. The highest BCUT2D eigenvalue weighted by Crippen LogP contribution is 2.29. The predicted octanol–water partition coefficient (Wildman–Crippen LogP) is 2.82. The quantitative estimate of drug-likeness (QED) is 0.917. The molecule has 1 aromatic rings. The SMILES string of the molecule is CC(c1c(F)cccc1F)N1CCCC(C(=O)O)C1. The van der Waals surface area contributed by atoms with Gasteiger partial charge in [-0.15, -0.1) is 0 Å². The topological polar surface area (TPSA) is 40.5 Å². The lowest BCUT2D eigenvalue weighted by molar-refractivity contribution is -0.143. The van der Waals surface area contributed by atoms with Gasteiger partial charge < -0.3 is 5.11 Å². The molecule has 1 saturated heterocycles. The van der Waals surface area contributed by atoms with Crippen molar-refractivity contribution in [1.29, 1.82) is 0 Å². The lowest BCUT2D eigenvalue weighted by Gasteiger charge is -2.35. The summed E-state index contributed by atoms with van der Waals surface area (Å²) in [7, 11) is 0. The molecule has 2 atom stereocenters. The van der Waals surface area contributed by atoms with Gasteiger partial charge in [0.25, 0.3) is 0 Å². The van der Waals surface area contributed by atoms with E-state index in [2.05, 4.69) is 0 Å². The Bertz CT molecular complexity index is 458. The van der Waals surface area contributed by atoms with Crippen LogP contribution in [0.15, 0.2) is 18.2 Å². The number of carboxylic acids is 1. The summed E-state index contributed by atoms with van der Waals surface area (Å²) in [6.07, 6.45) is 1.36. The maximum atomic E-state index is 13.7. The van der Waals surface area contributed by atoms with E-state index >= 15 is 0 Å². The van der Waals surface area contributed by atoms with Crippen LogP contribution >= 0.6 is 0 Å². The number of likely N-dealkylation sites (tertiary alicyclic amines) is 1. The van der Waals surface area contributed by atoms with Crippen molar-refractivity contribution in [2.75, 3.05) is 13.1 Å². The van der Waals surface area contributed by atoms with Crippen LogP contribution in [-0.4, -0.2) is 29.1 Å². The van der Waals surface area contributed by atoms with Crippen LogP contribution in [0.5, 0.6) is 0 Å². The van der Waals surface area contributed by atoms with Gasteiger partial charge in [0, 0.05) is 18.2 Å². The third-order valence-corrected chi connectivity index (χ3v) is 3.77. The van der Waals surface area contributed by atoms with E-state index in [-0.39, 0.29) is 5.56 Å². The number of carbonyl (C=O) groups is 1. The van der Waals surface area contributed by atoms with Crippen molar-refractivity contribution < 1.29 is 18.7 Å². The molecule has 3 nitrogen and oxygen atoms in total. The molecule has 1 aliphatic heterocycles. The number of hydrogen-bond donors (Lipinski definition) is 1. The van der Waals surface area contributed by atoms with Crippen LogP contribution in [0.25, 0.3) is 0 Å². The van der Waals surface area contributed by atoms with E-state index in [9.17, 15) is 13.6 Å². The summed E-state index contributed by atoms with van der Waals surface area (Å²) in [6.45, 7) is 2.72. The molecule has 0 radical (unpaired) electrons. The molecule has 2 rings (SSSR count). The summed E-state index contributed by atoms with van der Waals surface area (Å²) in [5.74, 6) is -2.45. The normalized spacial score (nSPS) is 22.2. The molecular weight excluding hydrogens is 252 g/mol. The lowest BCUT2D eigenvalue weighted by Crippen LogP contribution is -2.40. The molecule has 1 aromatic carbocycles. The van der Waals surface area contributed by atoms with Gasteiger partial charge in [0.2, 0.25) is 0 Å². The fraction of sp³-hybridized carbons (Fsp3) is 0.500. The number of hydrogen-bond acceptors (Lipinski definition) is 2. The fourth-order valence-electron chi connectivity index (χ4n) is 2.65. The van der Waals surface area contributed by atoms with E-state index in [0.29, 0.717) is 19.5 Å². The van der Waals surface area contributed by atoms with Gasteiger partial charge in [0.15, 0.2) is 0 Å². The zero-order chi connectivity index (χ0) is 14.0. The second-order valence-corrected chi connectivity index (χ2v) is 4.98. The van der Waals surface area contributed by atoms with Crippen LogP contribution in [0.2, 0.25) is 0 Å². The molecule has 0 bridgehead atoms. The maximum Gasteiger partial charge on any atom is 0.307 e. The molecular formula is C14H17F2NO2. The Labute approximate surface area is 110 Å². The first-order valence-electron chi connectivity index (χ1n) is 6.41. The molecule has 1 aliphatic rings. The second kappa shape index (κ2) is 5.65. The van der Waals surface area contributed by atoms with Gasteiger partial charge in [-0.25, -0.2) is 8.78 Å². The summed E-state index contributed by atoms with van der Waals surface area (Å²) < 4.78 is 27.5. The monoisotopic (exact) mass is 269 g/mol. The molecule has 0 amide bonds. The van der Waals surface area contributed by atoms with E-state index in [1.807, 2.05) is 4.90 Å². The minimum absolute atomic E-state index is 0.0218. The first-order valence-corrected chi connectivity index (χ1v) is 6.41. The van der Waals surface area contributed by atoms with Gasteiger partial charge in [0.05, 0.1) is 5.92 Å². The molecule has 0 spiro atoms. The smallest absolute Gasteiger partial charge is 0.307 e. The highest BCUT2D eigenvalue weighted by molar-refractivity contribution is 5.70. The molecule has 0 aliphatic carbocycles. The second-order valence-electron chi connectivity index (χ2n) is 4.98. The van der Waals surface area contributed by atoms with Crippen LogP contribution in [0.4, 0.5) is 8.78 Å². The minimum atomic E-state index is -0.842. The van der Waals surface area contributed by atoms with Gasteiger partial charge in [0.1, 0.15) is 11.6 Å². The zero-order valence-electron chi connectivity index (χ0n) is 10.8. The van der Waals surface area contributed by atoms with E-state index in [1.54, 1.807) is 6.92 Å². The Morgan fingerprint density at radius 3 is 2.63 bits per heavy atom. The standard InChI is InChI=1S/C14H17F2NO2/c1-9(13-11(15)5-2-6-12(13)16)17-7-3-4-10(8-17)14(18)19/h2,5-6,9-10H,3-4,7-8H2,1H3,(H,18,19). The van der Waals surface area contributed by atoms with Crippen LogP contribution < -0.4 is 0 Å². The van der Waals surface area contributed by atoms with Gasteiger partial charge in [-0.05, 0) is 38.4 Å². The summed E-state index contributed by atoms with van der Waals surface area (Å²) in [5.41, 5.74) is 0.0218. The Hall–Kier alpha value is -1.49. The average molecular weight is 269 g/mol. The first-order chi connectivity index (χ1) is 9.00. The highest BCUT2D eigenvalue weighted by atomic mass is 19.1. The Kier molecular flexibility index (Phi) is 4.14. The van der Waals surface area contributed by atoms with Crippen LogP contribution in [-0.2, 0) is 4.79 Å². The number of halogens is 2. The molecule has 5 heteroatoms. The van der Waals surface area contributed by atoms with Crippen LogP contribution in [0.3, 0.4) is 0 Å². The average Bonchev–Trinajstić information content (AvgIpc) is 2.38. The summed E-state index contributed by atoms with van der Waals surface area (Å²) in [4.78, 5) is 12.9. The summed E-state index contributed by atoms with van der Waals surface area (Å²) in [5, 5.41) is 9.04. The maximum absolute atomic E-state index is 13.7. The van der Waals surface area contributed by atoms with Crippen LogP contribution in [0.1, 0.15) is 31.4 Å². The zero-order valence-corrected chi connectivity index (χ0v) is 10.8. The largest absolute Gasteiger partial charge is 0.481 e. The molecule has 1 N–H and O–H groups in total. The van der Waals surface area contributed by atoms with Crippen molar-refractivity contribution in [3.05, 3.63) is 35.4 Å². The fourth-order valence-corrected chi connectivity index (χ4v) is 2.65. The lowest BCUT2D eigenvalue weighted by atomic mass is 9.95. The third kappa shape index (κ3) is 2.92. The van der Waals surface area contributed by atoms with Crippen molar-refractivity contribution >= 4 is 5.97 Å². The predicted molar refractivity (Wildman–Crippen MR) is 66.7 cm³/mol. The van der Waals surface area contributed by atoms with Crippen LogP contribution in [0, 0.1) is 17.6 Å². The van der Waals surface area contributed by atoms with E-state index in [4.69, 9.17) is 5.11 Å². The minimum Gasteiger partial charge on any atom is -0.481 e. The number of piperidine rings is 1. The van der Waals surface area contributed by atoms with Crippen molar-refractivity contribution in [3.8, 4) is 0 Å². The molecule has 2 unspecified atom stereocenters. The van der Waals surface area contributed by atoms with Gasteiger partial charge >= 0.3 is 5.97 Å². The molecule has 0 saturated carbocycles. The highest BCUT2D eigenvalue weighted by Gasteiger charge is 2.30. The van der Waals surface area contributed by atoms with Crippen molar-refractivity contribution in [3.63, 3.8) is 0 Å². The van der Waals surface area contributed by atoms with E-state index < -0.39 is 29.6 Å². The molecule has 1 heterocycles. The van der Waals surface area contributed by atoms with Crippen molar-refractivity contribution in [2.45, 2.75) is 25.8 Å². The Morgan fingerprint density at radius 1 is 1.42 bits per heavy atom. The third-order valence-electron chi connectivity index (χ3n) is 3.77. The van der Waals surface area contributed by atoms with Gasteiger partial charge in [-0.1, -0.05) is 6.07 Å². The van der Waals surface area contributed by atoms with Crippen molar-refractivity contribution in [1.82, 2.24) is 4.90 Å². The van der Waals surface area contributed by atoms with E-state index in [1.165, 1.54) is 18.2 Å². The molecule has 19 heavy (non-hydrogen) atoms. The molecule has 104 valence electrons. The van der Waals surface area contributed by atoms with Crippen molar-refractivity contribution in [2.24, 2.45) is 5.92 Å². The molecule has 0 aromatic heterocycles. The summed E-state index contributed by atoms with van der Waals surface area (Å²) in [6, 6.07) is 3.33. The number of aliphatic carboxylic acids is 1. The van der Waals surface area contributed by atoms with Gasteiger partial charge in [-0.3, -0.25) is 9.69 Å². The first kappa shape index (κ1) is 13.9. The van der Waals surface area contributed by atoms with E-state index in [0.717, 1.165) is 6.42 Å².